The summed E-state index contributed by atoms with van der Waals surface area (Å²) in [6, 6.07) is 0. The van der Waals surface area contributed by atoms with E-state index in [4.69, 9.17) is 5.21 Å². The number of aliphatic imine (C=N–C) groups is 1. The highest BCUT2D eigenvalue weighted by molar-refractivity contribution is 7.98. The van der Waals surface area contributed by atoms with Crippen LogP contribution in [0.1, 0.15) is 0 Å². The Labute approximate surface area is 91.6 Å². The van der Waals surface area contributed by atoms with E-state index >= 15 is 0 Å². The number of anilines is 1. The number of nitrogens with zero attached hydrogens (tertiary/aromatic N) is 5. The molecule has 1 aromatic heterocycles. The summed E-state index contributed by atoms with van der Waals surface area (Å²) >= 11 is 1.40. The topological polar surface area (TPSA) is 86.5 Å². The largest absolute Gasteiger partial charge is 0.347 e. The highest BCUT2D eigenvalue weighted by Gasteiger charge is 2.05. The molecule has 1 rings (SSSR count). The second-order valence-corrected chi connectivity index (χ2v) is 3.48. The number of rotatable bonds is 4. The zero-order valence-electron chi connectivity index (χ0n) is 8.67. The van der Waals surface area contributed by atoms with Gasteiger partial charge in [-0.05, 0) is 6.26 Å². The normalized spacial score (nSPS) is 10.7. The smallest absolute Gasteiger partial charge is 0.256 e. The molecule has 0 aliphatic carbocycles. The molecule has 0 atom stereocenters. The van der Waals surface area contributed by atoms with E-state index in [1.165, 1.54) is 11.8 Å². The molecule has 0 radical (unpaired) electrons. The zero-order chi connectivity index (χ0) is 11.3. The minimum Gasteiger partial charge on any atom is -0.347 e. The van der Waals surface area contributed by atoms with E-state index in [1.54, 1.807) is 10.4 Å². The molecule has 0 aromatic carbocycles. The molecule has 0 amide bonds. The van der Waals surface area contributed by atoms with Crippen molar-refractivity contribution in [2.45, 2.75) is 5.16 Å². The van der Waals surface area contributed by atoms with Gasteiger partial charge in [0.2, 0.25) is 5.95 Å². The van der Waals surface area contributed by atoms with E-state index in [0.29, 0.717) is 11.1 Å². The third-order valence-corrected chi connectivity index (χ3v) is 1.96. The van der Waals surface area contributed by atoms with Crippen LogP contribution in [-0.4, -0.2) is 46.8 Å². The van der Waals surface area contributed by atoms with Crippen LogP contribution >= 0.6 is 11.8 Å². The van der Waals surface area contributed by atoms with Gasteiger partial charge in [-0.3, -0.25) is 10.7 Å². The SMILES string of the molecule is CSc1nc(/N=C/NO)nc(N(C)C)n1. The maximum atomic E-state index is 8.35. The van der Waals surface area contributed by atoms with Gasteiger partial charge in [0.15, 0.2) is 5.16 Å². The minimum atomic E-state index is 0.250. The second kappa shape index (κ2) is 5.47. The van der Waals surface area contributed by atoms with Crippen LogP contribution in [0.4, 0.5) is 11.9 Å². The summed E-state index contributed by atoms with van der Waals surface area (Å²) in [4.78, 5) is 17.8. The third-order valence-electron chi connectivity index (χ3n) is 1.41. The summed E-state index contributed by atoms with van der Waals surface area (Å²) < 4.78 is 0. The van der Waals surface area contributed by atoms with Gasteiger partial charge in [0, 0.05) is 14.1 Å². The fourth-order valence-electron chi connectivity index (χ4n) is 0.771. The van der Waals surface area contributed by atoms with Crippen molar-refractivity contribution >= 4 is 30.0 Å². The standard InChI is InChI=1S/C7H12N6OS/c1-13(2)6-10-5(8-4-9-14)11-7(12-6)15-3/h4,14H,1-3H3,(H,8,9,10,11,12). The summed E-state index contributed by atoms with van der Waals surface area (Å²) in [6.45, 7) is 0. The Morgan fingerprint density at radius 2 is 2.13 bits per heavy atom. The molecule has 0 bridgehead atoms. The van der Waals surface area contributed by atoms with Crippen LogP contribution in [0.5, 0.6) is 0 Å². The monoisotopic (exact) mass is 228 g/mol. The van der Waals surface area contributed by atoms with Gasteiger partial charge < -0.3 is 4.90 Å². The lowest BCUT2D eigenvalue weighted by molar-refractivity contribution is 0.240. The Bertz CT molecular complexity index is 355. The van der Waals surface area contributed by atoms with E-state index in [1.807, 2.05) is 20.4 Å². The molecule has 15 heavy (non-hydrogen) atoms. The highest BCUT2D eigenvalue weighted by Crippen LogP contribution is 2.16. The minimum absolute atomic E-state index is 0.250. The van der Waals surface area contributed by atoms with Crippen LogP contribution in [0.25, 0.3) is 0 Å². The van der Waals surface area contributed by atoms with Gasteiger partial charge in [-0.15, -0.1) is 0 Å². The van der Waals surface area contributed by atoms with Gasteiger partial charge >= 0.3 is 0 Å². The fourth-order valence-corrected chi connectivity index (χ4v) is 1.12. The van der Waals surface area contributed by atoms with Crippen LogP contribution in [0.2, 0.25) is 0 Å². The quantitative estimate of drug-likeness (QED) is 0.331. The van der Waals surface area contributed by atoms with E-state index in [-0.39, 0.29) is 5.95 Å². The average molecular weight is 228 g/mol. The summed E-state index contributed by atoms with van der Waals surface area (Å²) in [7, 11) is 3.66. The zero-order valence-corrected chi connectivity index (χ0v) is 9.49. The van der Waals surface area contributed by atoms with Crippen molar-refractivity contribution in [1.29, 1.82) is 0 Å². The molecule has 0 spiro atoms. The van der Waals surface area contributed by atoms with Crippen LogP contribution in [0, 0.1) is 0 Å². The number of hydrogen-bond acceptors (Lipinski definition) is 7. The summed E-state index contributed by atoms with van der Waals surface area (Å²) in [5.74, 6) is 0.777. The Balaban J connectivity index is 3.05. The molecule has 8 heteroatoms. The molecule has 0 saturated carbocycles. The molecule has 0 saturated heterocycles. The predicted molar refractivity (Wildman–Crippen MR) is 59.0 cm³/mol. The van der Waals surface area contributed by atoms with Crippen LogP contribution < -0.4 is 10.4 Å². The van der Waals surface area contributed by atoms with Crippen LogP contribution in [0.3, 0.4) is 0 Å². The van der Waals surface area contributed by atoms with E-state index in [2.05, 4.69) is 19.9 Å². The van der Waals surface area contributed by atoms with E-state index in [0.717, 1.165) is 6.34 Å². The summed E-state index contributed by atoms with van der Waals surface area (Å²) in [5.41, 5.74) is 1.79. The lowest BCUT2D eigenvalue weighted by Crippen LogP contribution is -2.13. The number of nitrogens with one attached hydrogen (secondary N) is 1. The molecule has 1 heterocycles. The maximum absolute atomic E-state index is 8.35. The molecule has 0 unspecified atom stereocenters. The van der Waals surface area contributed by atoms with E-state index in [9.17, 15) is 0 Å². The van der Waals surface area contributed by atoms with Gasteiger partial charge in [0.1, 0.15) is 6.34 Å². The first-order valence-corrected chi connectivity index (χ1v) is 5.29. The lowest BCUT2D eigenvalue weighted by atomic mass is 10.8. The van der Waals surface area contributed by atoms with Crippen molar-refractivity contribution in [3.05, 3.63) is 0 Å². The molecule has 1 aromatic rings. The van der Waals surface area contributed by atoms with Crippen molar-refractivity contribution in [2.24, 2.45) is 4.99 Å². The molecule has 2 N–H and O–H groups in total. The Morgan fingerprint density at radius 3 is 2.67 bits per heavy atom. The number of hydroxylamine groups is 1. The molecular weight excluding hydrogens is 216 g/mol. The van der Waals surface area contributed by atoms with Gasteiger partial charge in [-0.2, -0.15) is 19.9 Å². The molecule has 7 nitrogen and oxygen atoms in total. The van der Waals surface area contributed by atoms with Gasteiger partial charge in [0.05, 0.1) is 0 Å². The average Bonchev–Trinajstić information content (AvgIpc) is 2.25. The summed E-state index contributed by atoms with van der Waals surface area (Å²) in [6.07, 6.45) is 2.96. The number of aromatic nitrogens is 3. The summed E-state index contributed by atoms with van der Waals surface area (Å²) in [5, 5.41) is 8.93. The van der Waals surface area contributed by atoms with Crippen LogP contribution in [-0.2, 0) is 0 Å². The van der Waals surface area contributed by atoms with Gasteiger partial charge in [-0.25, -0.2) is 0 Å². The molecule has 82 valence electrons. The first-order valence-electron chi connectivity index (χ1n) is 4.07. The van der Waals surface area contributed by atoms with Crippen LogP contribution in [0.15, 0.2) is 10.1 Å². The molecule has 0 aliphatic rings. The lowest BCUT2D eigenvalue weighted by Gasteiger charge is -2.10. The number of thioether (sulfide) groups is 1. The van der Waals surface area contributed by atoms with Crippen molar-refractivity contribution < 1.29 is 5.21 Å². The second-order valence-electron chi connectivity index (χ2n) is 2.70. The number of hydrogen-bond donors (Lipinski definition) is 2. The third kappa shape index (κ3) is 3.33. The van der Waals surface area contributed by atoms with Crippen molar-refractivity contribution in [3.8, 4) is 0 Å². The van der Waals surface area contributed by atoms with Crippen molar-refractivity contribution in [1.82, 2.24) is 20.4 Å². The molecular formula is C7H12N6OS. The van der Waals surface area contributed by atoms with Crippen molar-refractivity contribution in [3.63, 3.8) is 0 Å². The molecule has 0 aliphatic heterocycles. The maximum Gasteiger partial charge on any atom is 0.256 e. The van der Waals surface area contributed by atoms with Gasteiger partial charge in [0.25, 0.3) is 5.95 Å². The fraction of sp³-hybridized carbons (Fsp3) is 0.429. The van der Waals surface area contributed by atoms with E-state index < -0.39 is 0 Å². The van der Waals surface area contributed by atoms with Gasteiger partial charge in [-0.1, -0.05) is 11.8 Å². The first-order chi connectivity index (χ1) is 7.17. The molecule has 0 fully saturated rings. The first kappa shape index (κ1) is 11.7. The van der Waals surface area contributed by atoms with Crippen molar-refractivity contribution in [2.75, 3.05) is 25.3 Å². The Morgan fingerprint density at radius 1 is 1.40 bits per heavy atom. The highest BCUT2D eigenvalue weighted by atomic mass is 32.2. The Hall–Kier alpha value is -1.41. The Kier molecular flexibility index (Phi) is 4.25. The predicted octanol–water partition coefficient (Wildman–Crippen LogP) is 0.298.